The highest BCUT2D eigenvalue weighted by molar-refractivity contribution is 5.81. The quantitative estimate of drug-likeness (QED) is 0.308. The minimum Gasteiger partial charge on any atom is -0.376 e. The van der Waals surface area contributed by atoms with E-state index < -0.39 is 0 Å². The van der Waals surface area contributed by atoms with Gasteiger partial charge in [-0.25, -0.2) is 0 Å². The minimum absolute atomic E-state index is 0.0729. The van der Waals surface area contributed by atoms with Crippen molar-refractivity contribution < 1.29 is 9.59 Å². The summed E-state index contributed by atoms with van der Waals surface area (Å²) in [5.74, 6) is 1.25. The van der Waals surface area contributed by atoms with Crippen LogP contribution in [0.1, 0.15) is 63.4 Å². The van der Waals surface area contributed by atoms with Crippen LogP contribution in [0.5, 0.6) is 0 Å². The molecule has 1 aromatic heterocycles. The SMILES string of the molecule is CNCCN(C)Cc1cncc(-c2ccc(NC(C=O)CCCC34CC5CC(C3)CC(C(N)=O)(C5)C4)cc2)c1. The fourth-order valence-electron chi connectivity index (χ4n) is 8.30. The number of rotatable bonds is 14. The lowest BCUT2D eigenvalue weighted by molar-refractivity contribution is -0.155. The van der Waals surface area contributed by atoms with Crippen molar-refractivity contribution in [3.8, 4) is 11.1 Å². The summed E-state index contributed by atoms with van der Waals surface area (Å²) in [5.41, 5.74) is 10.3. The second-order valence-electron chi connectivity index (χ2n) is 12.9. The predicted octanol–water partition coefficient (Wildman–Crippen LogP) is 4.62. The lowest BCUT2D eigenvalue weighted by Gasteiger charge is -2.61. The zero-order chi connectivity index (χ0) is 27.5. The van der Waals surface area contributed by atoms with Crippen molar-refractivity contribution in [3.63, 3.8) is 0 Å². The van der Waals surface area contributed by atoms with Crippen molar-refractivity contribution in [1.82, 2.24) is 15.2 Å². The third-order valence-electron chi connectivity index (χ3n) is 9.65. The van der Waals surface area contributed by atoms with Gasteiger partial charge in [0.2, 0.25) is 5.91 Å². The maximum absolute atomic E-state index is 12.4. The summed E-state index contributed by atoms with van der Waals surface area (Å²) >= 11 is 0. The first-order valence-electron chi connectivity index (χ1n) is 14.7. The maximum atomic E-state index is 12.4. The number of anilines is 1. The van der Waals surface area contributed by atoms with E-state index in [1.807, 2.05) is 31.6 Å². The third kappa shape index (κ3) is 6.36. The molecule has 4 saturated carbocycles. The number of aromatic nitrogens is 1. The predicted molar refractivity (Wildman–Crippen MR) is 156 cm³/mol. The number of carbonyl (C=O) groups excluding carboxylic acids is 2. The average molecular weight is 532 g/mol. The Morgan fingerprint density at radius 1 is 1.15 bits per heavy atom. The van der Waals surface area contributed by atoms with Crippen molar-refractivity contribution >= 4 is 17.9 Å². The molecule has 3 atom stereocenters. The van der Waals surface area contributed by atoms with Crippen molar-refractivity contribution in [1.29, 1.82) is 0 Å². The number of nitrogens with one attached hydrogen (secondary N) is 2. The van der Waals surface area contributed by atoms with E-state index in [4.69, 9.17) is 5.73 Å². The summed E-state index contributed by atoms with van der Waals surface area (Å²) in [6, 6.07) is 10.3. The first-order valence-corrected chi connectivity index (χ1v) is 14.7. The van der Waals surface area contributed by atoms with Gasteiger partial charge in [-0.15, -0.1) is 0 Å². The Labute approximate surface area is 233 Å². The molecule has 7 heteroatoms. The number of nitrogens with zero attached hydrogens (tertiary/aromatic N) is 2. The largest absolute Gasteiger partial charge is 0.376 e. The molecular formula is C32H45N5O2. The number of amides is 1. The molecule has 1 amide bonds. The van der Waals surface area contributed by atoms with Crippen molar-refractivity contribution in [2.45, 2.75) is 70.4 Å². The number of benzene rings is 1. The molecule has 39 heavy (non-hydrogen) atoms. The normalized spacial score (nSPS) is 28.0. The Kier molecular flexibility index (Phi) is 8.38. The summed E-state index contributed by atoms with van der Waals surface area (Å²) in [6.07, 6.45) is 14.5. The molecule has 1 heterocycles. The zero-order valence-corrected chi connectivity index (χ0v) is 23.6. The highest BCUT2D eigenvalue weighted by Crippen LogP contribution is 2.66. The van der Waals surface area contributed by atoms with Gasteiger partial charge < -0.3 is 26.1 Å². The van der Waals surface area contributed by atoms with Crippen LogP contribution in [0.2, 0.25) is 0 Å². The number of hydrogen-bond acceptors (Lipinski definition) is 6. The lowest BCUT2D eigenvalue weighted by atomic mass is 9.43. The Balaban J connectivity index is 1.14. The third-order valence-corrected chi connectivity index (χ3v) is 9.65. The lowest BCUT2D eigenvalue weighted by Crippen LogP contribution is -2.56. The van der Waals surface area contributed by atoms with Gasteiger partial charge in [-0.2, -0.15) is 0 Å². The van der Waals surface area contributed by atoms with Crippen LogP contribution in [0.3, 0.4) is 0 Å². The van der Waals surface area contributed by atoms with Gasteiger partial charge >= 0.3 is 0 Å². The summed E-state index contributed by atoms with van der Waals surface area (Å²) in [6.45, 7) is 2.79. The molecule has 4 aliphatic rings. The molecule has 4 bridgehead atoms. The molecule has 4 aliphatic carbocycles. The monoisotopic (exact) mass is 531 g/mol. The first kappa shape index (κ1) is 27.8. The fraction of sp³-hybridized carbons (Fsp3) is 0.594. The van der Waals surface area contributed by atoms with Crippen LogP contribution >= 0.6 is 0 Å². The van der Waals surface area contributed by atoms with Gasteiger partial charge in [-0.05, 0) is 112 Å². The average Bonchev–Trinajstić information content (AvgIpc) is 2.91. The summed E-state index contributed by atoms with van der Waals surface area (Å²) < 4.78 is 0. The minimum atomic E-state index is -0.258. The molecule has 0 spiro atoms. The molecule has 0 aliphatic heterocycles. The van der Waals surface area contributed by atoms with Crippen LogP contribution in [-0.4, -0.2) is 55.3 Å². The molecule has 2 aromatic rings. The molecule has 3 unspecified atom stereocenters. The van der Waals surface area contributed by atoms with Gasteiger partial charge in [0.25, 0.3) is 0 Å². The molecule has 1 aromatic carbocycles. The van der Waals surface area contributed by atoms with Crippen LogP contribution in [-0.2, 0) is 16.1 Å². The van der Waals surface area contributed by atoms with Crippen molar-refractivity contribution in [3.05, 3.63) is 48.3 Å². The molecule has 7 nitrogen and oxygen atoms in total. The van der Waals surface area contributed by atoms with E-state index in [1.54, 1.807) is 0 Å². The second-order valence-corrected chi connectivity index (χ2v) is 12.9. The molecule has 6 rings (SSSR count). The summed E-state index contributed by atoms with van der Waals surface area (Å²) in [7, 11) is 4.09. The van der Waals surface area contributed by atoms with Crippen LogP contribution in [0, 0.1) is 22.7 Å². The number of pyridine rings is 1. The van der Waals surface area contributed by atoms with Crippen LogP contribution in [0.25, 0.3) is 11.1 Å². The number of carbonyl (C=O) groups is 2. The Morgan fingerprint density at radius 2 is 1.90 bits per heavy atom. The Bertz CT molecular complexity index is 1140. The van der Waals surface area contributed by atoms with Crippen LogP contribution in [0.15, 0.2) is 42.7 Å². The molecule has 0 saturated heterocycles. The molecule has 210 valence electrons. The molecule has 0 radical (unpaired) electrons. The molecule has 4 fully saturated rings. The van der Waals surface area contributed by atoms with E-state index in [-0.39, 0.29) is 22.8 Å². The highest BCUT2D eigenvalue weighted by Gasteiger charge is 2.59. The second kappa shape index (κ2) is 11.8. The van der Waals surface area contributed by atoms with E-state index in [0.717, 1.165) is 81.3 Å². The molecule has 4 N–H and O–H groups in total. The number of likely N-dealkylation sites (N-methyl/N-ethyl adjacent to an activating group) is 2. The first-order chi connectivity index (χ1) is 18.8. The van der Waals surface area contributed by atoms with Crippen LogP contribution in [0.4, 0.5) is 5.69 Å². The topological polar surface area (TPSA) is 100 Å². The maximum Gasteiger partial charge on any atom is 0.223 e. The smallest absolute Gasteiger partial charge is 0.223 e. The van der Waals surface area contributed by atoms with Gasteiger partial charge in [0, 0.05) is 43.3 Å². The summed E-state index contributed by atoms with van der Waals surface area (Å²) in [4.78, 5) is 31.1. The zero-order valence-electron chi connectivity index (χ0n) is 23.6. The van der Waals surface area contributed by atoms with Gasteiger partial charge in [0.1, 0.15) is 6.29 Å². The van der Waals surface area contributed by atoms with E-state index in [2.05, 4.69) is 45.8 Å². The van der Waals surface area contributed by atoms with Gasteiger partial charge in [-0.3, -0.25) is 9.78 Å². The van der Waals surface area contributed by atoms with Crippen molar-refractivity contribution in [2.75, 3.05) is 32.5 Å². The van der Waals surface area contributed by atoms with E-state index >= 15 is 0 Å². The van der Waals surface area contributed by atoms with Gasteiger partial charge in [0.15, 0.2) is 0 Å². The fourth-order valence-corrected chi connectivity index (χ4v) is 8.30. The van der Waals surface area contributed by atoms with Crippen LogP contribution < -0.4 is 16.4 Å². The Morgan fingerprint density at radius 3 is 2.56 bits per heavy atom. The number of aldehydes is 1. The van der Waals surface area contributed by atoms with Gasteiger partial charge in [-0.1, -0.05) is 18.6 Å². The standard InChI is InChI=1S/C32H45N5O2/c1-34-10-11-37(2)20-25-13-27(19-35-18-25)26-5-7-28(8-6-26)36-29(21-38)4-3-9-31-14-23-12-24(15-31)17-32(16-23,22-31)30(33)39/h5-8,13,18-19,21,23-24,29,34,36H,3-4,9-12,14-17,20,22H2,1-2H3,(H2,33,39). The highest BCUT2D eigenvalue weighted by atomic mass is 16.1. The van der Waals surface area contributed by atoms with Crippen molar-refractivity contribution in [2.24, 2.45) is 28.4 Å². The van der Waals surface area contributed by atoms with Gasteiger partial charge in [0.05, 0.1) is 11.5 Å². The van der Waals surface area contributed by atoms with E-state index in [1.165, 1.54) is 24.8 Å². The van der Waals surface area contributed by atoms with E-state index in [9.17, 15) is 9.59 Å². The number of nitrogens with two attached hydrogens (primary N) is 1. The van der Waals surface area contributed by atoms with E-state index in [0.29, 0.717) is 11.8 Å². The number of primary amides is 1. The Hall–Kier alpha value is -2.77. The summed E-state index contributed by atoms with van der Waals surface area (Å²) in [5, 5.41) is 6.61. The number of hydrogen-bond donors (Lipinski definition) is 3. The molecular weight excluding hydrogens is 486 g/mol.